The lowest BCUT2D eigenvalue weighted by Gasteiger charge is -2.16. The van der Waals surface area contributed by atoms with Gasteiger partial charge in [-0.1, -0.05) is 78.9 Å². The van der Waals surface area contributed by atoms with Gasteiger partial charge in [0, 0.05) is 0 Å². The monoisotopic (exact) mass is 484 g/mol. The molecule has 8 heteroatoms. The molecule has 0 unspecified atom stereocenters. The van der Waals surface area contributed by atoms with Crippen LogP contribution in [0, 0.1) is 0 Å². The zero-order valence-electron chi connectivity index (χ0n) is 17.6. The molecule has 1 aliphatic rings. The van der Waals surface area contributed by atoms with Gasteiger partial charge in [0.2, 0.25) is 0 Å². The number of alkyl halides is 3. The molecule has 174 valence electrons. The van der Waals surface area contributed by atoms with Crippen LogP contribution in [0.1, 0.15) is 11.1 Å². The van der Waals surface area contributed by atoms with E-state index < -0.39 is 15.6 Å². The van der Waals surface area contributed by atoms with Gasteiger partial charge in [0.15, 0.2) is 0 Å². The second-order valence-corrected chi connectivity index (χ2v) is 9.09. The normalized spacial score (nSPS) is 12.4. The summed E-state index contributed by atoms with van der Waals surface area (Å²) in [5, 5.41) is 9.73. The molecular formula is C26H19F3O4S. The molecule has 0 radical (unpaired) electrons. The summed E-state index contributed by atoms with van der Waals surface area (Å²) in [6.45, 7) is 0. The Kier molecular flexibility index (Phi) is 6.20. The smallest absolute Gasteiger partial charge is 0.508 e. The van der Waals surface area contributed by atoms with Gasteiger partial charge in [0.05, 0.1) is 0 Å². The van der Waals surface area contributed by atoms with Gasteiger partial charge in [-0.05, 0) is 63.1 Å². The van der Waals surface area contributed by atoms with E-state index in [4.69, 9.17) is 13.0 Å². The molecule has 5 rings (SSSR count). The van der Waals surface area contributed by atoms with E-state index in [0.717, 1.165) is 12.0 Å². The standard InChI is InChI=1S/C25H18O.CHF3O3S/c26-20-12-10-18(11-13-20)25-22(17-6-2-1-3-7-17)14-15-23-21-9-5-4-8-19(21)16-24(23)25;2-1(3,4)8(5,6)7/h1-15,26H,16H2;(H,5,6,7). The summed E-state index contributed by atoms with van der Waals surface area (Å²) in [5.41, 5.74) is 4.75. The number of aromatic hydroxyl groups is 1. The Morgan fingerprint density at radius 2 is 1.24 bits per heavy atom. The Labute approximate surface area is 194 Å². The Balaban J connectivity index is 0.000000297. The van der Waals surface area contributed by atoms with Gasteiger partial charge >= 0.3 is 15.6 Å². The first-order valence-electron chi connectivity index (χ1n) is 10.2. The second-order valence-electron chi connectivity index (χ2n) is 7.68. The summed E-state index contributed by atoms with van der Waals surface area (Å²) < 4.78 is 57.5. The van der Waals surface area contributed by atoms with E-state index in [2.05, 4.69) is 60.7 Å². The number of rotatable bonds is 2. The van der Waals surface area contributed by atoms with E-state index in [-0.39, 0.29) is 0 Å². The topological polar surface area (TPSA) is 74.6 Å². The minimum absolute atomic E-state index is 0.297. The van der Waals surface area contributed by atoms with Crippen LogP contribution in [0.2, 0.25) is 0 Å². The minimum atomic E-state index is -5.84. The Hall–Kier alpha value is -3.62. The largest absolute Gasteiger partial charge is 0.522 e. The van der Waals surface area contributed by atoms with Crippen molar-refractivity contribution in [1.82, 2.24) is 0 Å². The highest BCUT2D eigenvalue weighted by Crippen LogP contribution is 2.46. The van der Waals surface area contributed by atoms with E-state index in [1.807, 2.05) is 18.2 Å². The van der Waals surface area contributed by atoms with Crippen LogP contribution in [0.4, 0.5) is 13.2 Å². The molecule has 0 aromatic heterocycles. The maximum absolute atomic E-state index is 10.7. The SMILES string of the molecule is O=S(=O)(O)C(F)(F)F.Oc1ccc(-c2c(-c3ccccc3)ccc3c2Cc2ccccc2-3)cc1. The molecule has 0 amide bonds. The second kappa shape index (κ2) is 8.96. The Bertz CT molecular complexity index is 1430. The maximum Gasteiger partial charge on any atom is 0.522 e. The number of phenolic OH excluding ortho intramolecular Hbond substituents is 1. The summed E-state index contributed by atoms with van der Waals surface area (Å²) in [7, 11) is -5.84. The average molecular weight is 484 g/mol. The van der Waals surface area contributed by atoms with Gasteiger partial charge in [-0.2, -0.15) is 21.6 Å². The summed E-state index contributed by atoms with van der Waals surface area (Å²) in [5.74, 6) is 0.297. The Morgan fingerprint density at radius 1 is 0.676 bits per heavy atom. The molecule has 0 saturated heterocycles. The van der Waals surface area contributed by atoms with Crippen LogP contribution in [0.5, 0.6) is 5.75 Å². The molecule has 0 spiro atoms. The van der Waals surface area contributed by atoms with Gasteiger partial charge < -0.3 is 5.11 Å². The number of fused-ring (bicyclic) bond motifs is 3. The van der Waals surface area contributed by atoms with Crippen LogP contribution in [0.25, 0.3) is 33.4 Å². The zero-order chi connectivity index (χ0) is 24.5. The predicted molar refractivity (Wildman–Crippen MR) is 125 cm³/mol. The molecule has 4 nitrogen and oxygen atoms in total. The van der Waals surface area contributed by atoms with Gasteiger partial charge in [0.25, 0.3) is 0 Å². The van der Waals surface area contributed by atoms with E-state index in [1.165, 1.54) is 38.9 Å². The van der Waals surface area contributed by atoms with Crippen molar-refractivity contribution in [2.75, 3.05) is 0 Å². The molecule has 34 heavy (non-hydrogen) atoms. The van der Waals surface area contributed by atoms with Gasteiger partial charge in [0.1, 0.15) is 5.75 Å². The zero-order valence-corrected chi connectivity index (χ0v) is 18.4. The van der Waals surface area contributed by atoms with Crippen LogP contribution in [0.3, 0.4) is 0 Å². The lowest BCUT2D eigenvalue weighted by molar-refractivity contribution is -0.0510. The van der Waals surface area contributed by atoms with Crippen molar-refractivity contribution in [1.29, 1.82) is 0 Å². The summed E-state index contributed by atoms with van der Waals surface area (Å²) in [4.78, 5) is 0. The lowest BCUT2D eigenvalue weighted by Crippen LogP contribution is -2.21. The number of phenols is 1. The molecule has 1 aliphatic carbocycles. The van der Waals surface area contributed by atoms with Gasteiger partial charge in [-0.15, -0.1) is 0 Å². The highest BCUT2D eigenvalue weighted by molar-refractivity contribution is 7.86. The van der Waals surface area contributed by atoms with Gasteiger partial charge in [-0.25, -0.2) is 0 Å². The van der Waals surface area contributed by atoms with E-state index >= 15 is 0 Å². The van der Waals surface area contributed by atoms with Crippen LogP contribution in [-0.2, 0) is 16.5 Å². The molecule has 4 aromatic carbocycles. The average Bonchev–Trinajstić information content (AvgIpc) is 3.18. The number of halogens is 3. The van der Waals surface area contributed by atoms with Crippen molar-refractivity contribution < 1.29 is 31.2 Å². The van der Waals surface area contributed by atoms with Crippen molar-refractivity contribution in [2.45, 2.75) is 11.9 Å². The van der Waals surface area contributed by atoms with Crippen LogP contribution >= 0.6 is 0 Å². The van der Waals surface area contributed by atoms with Crippen LogP contribution in [-0.4, -0.2) is 23.6 Å². The first kappa shape index (κ1) is 23.5. The molecular weight excluding hydrogens is 465 g/mol. The van der Waals surface area contributed by atoms with E-state index in [0.29, 0.717) is 5.75 Å². The lowest BCUT2D eigenvalue weighted by atomic mass is 9.88. The third kappa shape index (κ3) is 4.69. The molecule has 0 heterocycles. The Morgan fingerprint density at radius 3 is 1.85 bits per heavy atom. The maximum atomic E-state index is 10.7. The molecule has 0 fully saturated rings. The molecule has 0 aliphatic heterocycles. The van der Waals surface area contributed by atoms with E-state index in [9.17, 15) is 18.3 Å². The number of benzene rings is 4. The van der Waals surface area contributed by atoms with Crippen LogP contribution in [0.15, 0.2) is 91.0 Å². The third-order valence-corrected chi connectivity index (χ3v) is 6.11. The van der Waals surface area contributed by atoms with Crippen molar-refractivity contribution in [3.8, 4) is 39.1 Å². The van der Waals surface area contributed by atoms with E-state index in [1.54, 1.807) is 12.1 Å². The minimum Gasteiger partial charge on any atom is -0.508 e. The first-order chi connectivity index (χ1) is 16.1. The highest BCUT2D eigenvalue weighted by Gasteiger charge is 2.44. The van der Waals surface area contributed by atoms with Crippen molar-refractivity contribution in [3.63, 3.8) is 0 Å². The molecule has 0 atom stereocenters. The fourth-order valence-corrected chi connectivity index (χ4v) is 4.03. The molecule has 2 N–H and O–H groups in total. The fraction of sp³-hybridized carbons (Fsp3) is 0.0769. The fourth-order valence-electron chi connectivity index (χ4n) is 4.03. The molecule has 0 bridgehead atoms. The predicted octanol–water partition coefficient (Wildman–Crippen LogP) is 6.69. The summed E-state index contributed by atoms with van der Waals surface area (Å²) in [6, 6.07) is 31.2. The van der Waals surface area contributed by atoms with Crippen molar-refractivity contribution >= 4 is 10.1 Å². The molecule has 4 aromatic rings. The van der Waals surface area contributed by atoms with Gasteiger partial charge in [-0.3, -0.25) is 4.55 Å². The quantitative estimate of drug-likeness (QED) is 0.216. The third-order valence-electron chi connectivity index (χ3n) is 5.52. The first-order valence-corrected chi connectivity index (χ1v) is 11.6. The number of hydrogen-bond acceptors (Lipinski definition) is 3. The van der Waals surface area contributed by atoms with Crippen molar-refractivity contribution in [2.24, 2.45) is 0 Å². The number of hydrogen-bond donors (Lipinski definition) is 2. The summed E-state index contributed by atoms with van der Waals surface area (Å²) in [6.07, 6.45) is 0.947. The highest BCUT2D eigenvalue weighted by atomic mass is 32.2. The summed E-state index contributed by atoms with van der Waals surface area (Å²) >= 11 is 0. The van der Waals surface area contributed by atoms with Crippen molar-refractivity contribution in [3.05, 3.63) is 102 Å². The molecule has 0 saturated carbocycles. The van der Waals surface area contributed by atoms with Crippen LogP contribution < -0.4 is 0 Å².